The van der Waals surface area contributed by atoms with E-state index in [2.05, 4.69) is 56.1 Å². The number of ether oxygens (including phenoxy) is 1. The van der Waals surface area contributed by atoms with Crippen LogP contribution in [0, 0.1) is 6.92 Å². The average molecular weight is 316 g/mol. The Morgan fingerprint density at radius 1 is 1.04 bits per heavy atom. The summed E-state index contributed by atoms with van der Waals surface area (Å²) in [5.41, 5.74) is 4.82. The number of aryl methyl sites for hydroxylation is 1. The van der Waals surface area contributed by atoms with E-state index in [-0.39, 0.29) is 5.60 Å². The van der Waals surface area contributed by atoms with E-state index in [1.807, 2.05) is 24.4 Å². The molecule has 3 nitrogen and oxygen atoms in total. The molecule has 0 fully saturated rings. The molecule has 1 aromatic heterocycles. The molecule has 0 saturated heterocycles. The van der Waals surface area contributed by atoms with Crippen LogP contribution >= 0.6 is 0 Å². The van der Waals surface area contributed by atoms with E-state index in [0.29, 0.717) is 6.54 Å². The fourth-order valence-corrected chi connectivity index (χ4v) is 3.08. The van der Waals surface area contributed by atoms with Crippen LogP contribution in [0.15, 0.2) is 59.7 Å². The summed E-state index contributed by atoms with van der Waals surface area (Å²) in [4.78, 5) is 9.48. The molecule has 0 amide bonds. The average Bonchev–Trinajstić information content (AvgIpc) is 2.71. The highest BCUT2D eigenvalue weighted by Crippen LogP contribution is 2.32. The van der Waals surface area contributed by atoms with E-state index in [0.717, 1.165) is 39.1 Å². The molecular weight excluding hydrogens is 296 g/mol. The lowest BCUT2D eigenvalue weighted by atomic mass is 9.99. The number of aliphatic imine (C=N–C) groups is 1. The van der Waals surface area contributed by atoms with Crippen molar-refractivity contribution in [2.45, 2.75) is 26.4 Å². The molecule has 120 valence electrons. The molecule has 3 aromatic rings. The molecule has 1 aliphatic heterocycles. The topological polar surface area (TPSA) is 34.5 Å². The van der Waals surface area contributed by atoms with E-state index in [1.54, 1.807) is 0 Å². The van der Waals surface area contributed by atoms with Crippen LogP contribution in [0.3, 0.4) is 0 Å². The molecule has 0 atom stereocenters. The Balaban J connectivity index is 1.93. The van der Waals surface area contributed by atoms with Crippen LogP contribution in [0.2, 0.25) is 0 Å². The lowest BCUT2D eigenvalue weighted by Crippen LogP contribution is -2.31. The van der Waals surface area contributed by atoms with Crippen molar-refractivity contribution in [3.63, 3.8) is 0 Å². The summed E-state index contributed by atoms with van der Waals surface area (Å²) in [6.45, 7) is 6.85. The largest absolute Gasteiger partial charge is 0.485 e. The Morgan fingerprint density at radius 3 is 2.75 bits per heavy atom. The standard InChI is InChI=1S/C21H20N2O/c1-14-7-6-9-17-19(23-13-21(2,3)24-20(14)17)16-11-15-8-4-5-10-18(15)22-12-16/h4-12H,13H2,1-3H3. The maximum atomic E-state index is 6.28. The van der Waals surface area contributed by atoms with Gasteiger partial charge in [0.1, 0.15) is 11.4 Å². The van der Waals surface area contributed by atoms with Gasteiger partial charge in [-0.2, -0.15) is 0 Å². The molecule has 24 heavy (non-hydrogen) atoms. The molecule has 0 bridgehead atoms. The number of hydrogen-bond acceptors (Lipinski definition) is 3. The zero-order chi connectivity index (χ0) is 16.7. The van der Waals surface area contributed by atoms with Gasteiger partial charge < -0.3 is 4.74 Å². The number of para-hydroxylation sites is 2. The molecular formula is C21H20N2O. The molecule has 1 aliphatic rings. The number of hydrogen-bond donors (Lipinski definition) is 0. The second kappa shape index (κ2) is 5.45. The maximum Gasteiger partial charge on any atom is 0.132 e. The predicted octanol–water partition coefficient (Wildman–Crippen LogP) is 4.55. The second-order valence-corrected chi connectivity index (χ2v) is 6.89. The summed E-state index contributed by atoms with van der Waals surface area (Å²) in [7, 11) is 0. The molecule has 2 heterocycles. The number of rotatable bonds is 1. The monoisotopic (exact) mass is 316 g/mol. The summed E-state index contributed by atoms with van der Waals surface area (Å²) in [6.07, 6.45) is 1.91. The molecule has 0 N–H and O–H groups in total. The van der Waals surface area contributed by atoms with Gasteiger partial charge in [0, 0.05) is 22.7 Å². The second-order valence-electron chi connectivity index (χ2n) is 6.89. The van der Waals surface area contributed by atoms with E-state index in [1.165, 1.54) is 0 Å². The van der Waals surface area contributed by atoms with Gasteiger partial charge in [0.25, 0.3) is 0 Å². The lowest BCUT2D eigenvalue weighted by Gasteiger charge is -2.24. The third kappa shape index (κ3) is 2.56. The van der Waals surface area contributed by atoms with E-state index < -0.39 is 0 Å². The molecule has 4 rings (SSSR count). The van der Waals surface area contributed by atoms with Gasteiger partial charge in [0.05, 0.1) is 17.8 Å². The first kappa shape index (κ1) is 14.9. The van der Waals surface area contributed by atoms with Crippen LogP contribution in [0.4, 0.5) is 0 Å². The van der Waals surface area contributed by atoms with Gasteiger partial charge in [-0.3, -0.25) is 9.98 Å². The van der Waals surface area contributed by atoms with Gasteiger partial charge in [0.15, 0.2) is 0 Å². The van der Waals surface area contributed by atoms with Crippen LogP contribution in [-0.4, -0.2) is 22.8 Å². The van der Waals surface area contributed by atoms with Gasteiger partial charge in [0.2, 0.25) is 0 Å². The molecule has 0 aliphatic carbocycles. The smallest absolute Gasteiger partial charge is 0.132 e. The molecule has 2 aromatic carbocycles. The van der Waals surface area contributed by atoms with Crippen molar-refractivity contribution >= 4 is 16.6 Å². The number of pyridine rings is 1. The van der Waals surface area contributed by atoms with Crippen molar-refractivity contribution < 1.29 is 4.74 Å². The Morgan fingerprint density at radius 2 is 1.88 bits per heavy atom. The Labute approximate surface area is 142 Å². The predicted molar refractivity (Wildman–Crippen MR) is 98.1 cm³/mol. The Kier molecular flexibility index (Phi) is 3.38. The quantitative estimate of drug-likeness (QED) is 0.660. The summed E-state index contributed by atoms with van der Waals surface area (Å²) in [5, 5.41) is 1.12. The summed E-state index contributed by atoms with van der Waals surface area (Å²) in [5.74, 6) is 0.923. The zero-order valence-electron chi connectivity index (χ0n) is 14.2. The molecule has 3 heteroatoms. The van der Waals surface area contributed by atoms with Gasteiger partial charge in [-0.15, -0.1) is 0 Å². The first-order chi connectivity index (χ1) is 11.5. The first-order valence-corrected chi connectivity index (χ1v) is 8.22. The van der Waals surface area contributed by atoms with Crippen LogP contribution in [0.25, 0.3) is 10.9 Å². The summed E-state index contributed by atoms with van der Waals surface area (Å²) < 4.78 is 6.28. The van der Waals surface area contributed by atoms with E-state index >= 15 is 0 Å². The van der Waals surface area contributed by atoms with Crippen LogP contribution in [0.1, 0.15) is 30.5 Å². The van der Waals surface area contributed by atoms with Crippen LogP contribution < -0.4 is 4.74 Å². The van der Waals surface area contributed by atoms with Gasteiger partial charge >= 0.3 is 0 Å². The van der Waals surface area contributed by atoms with Crippen molar-refractivity contribution in [2.24, 2.45) is 4.99 Å². The van der Waals surface area contributed by atoms with E-state index in [4.69, 9.17) is 9.73 Å². The summed E-state index contributed by atoms with van der Waals surface area (Å²) >= 11 is 0. The van der Waals surface area contributed by atoms with Crippen LogP contribution in [0.5, 0.6) is 5.75 Å². The highest BCUT2D eigenvalue weighted by molar-refractivity contribution is 6.15. The lowest BCUT2D eigenvalue weighted by molar-refractivity contribution is 0.120. The van der Waals surface area contributed by atoms with Crippen molar-refractivity contribution in [3.8, 4) is 5.75 Å². The van der Waals surface area contributed by atoms with Crippen molar-refractivity contribution in [2.75, 3.05) is 6.54 Å². The minimum absolute atomic E-state index is 0.326. The first-order valence-electron chi connectivity index (χ1n) is 8.22. The molecule has 0 spiro atoms. The van der Waals surface area contributed by atoms with Crippen molar-refractivity contribution in [1.82, 2.24) is 4.98 Å². The SMILES string of the molecule is Cc1cccc2c1OC(C)(C)CN=C2c1cnc2ccccc2c1. The number of nitrogens with zero attached hydrogens (tertiary/aromatic N) is 2. The molecule has 0 unspecified atom stereocenters. The zero-order valence-corrected chi connectivity index (χ0v) is 14.2. The number of fused-ring (bicyclic) bond motifs is 2. The van der Waals surface area contributed by atoms with Gasteiger partial charge in [-0.25, -0.2) is 0 Å². The number of benzene rings is 2. The maximum absolute atomic E-state index is 6.28. The minimum atomic E-state index is -0.326. The molecule has 0 saturated carbocycles. The normalized spacial score (nSPS) is 16.0. The third-order valence-electron chi connectivity index (χ3n) is 4.33. The highest BCUT2D eigenvalue weighted by atomic mass is 16.5. The van der Waals surface area contributed by atoms with E-state index in [9.17, 15) is 0 Å². The minimum Gasteiger partial charge on any atom is -0.485 e. The highest BCUT2D eigenvalue weighted by Gasteiger charge is 2.27. The number of aromatic nitrogens is 1. The molecule has 0 radical (unpaired) electrons. The fourth-order valence-electron chi connectivity index (χ4n) is 3.08. The Hall–Kier alpha value is -2.68. The van der Waals surface area contributed by atoms with Crippen LogP contribution in [-0.2, 0) is 0 Å². The Bertz CT molecular complexity index is 957. The fraction of sp³-hybridized carbons (Fsp3) is 0.238. The summed E-state index contributed by atoms with van der Waals surface area (Å²) in [6, 6.07) is 16.5. The van der Waals surface area contributed by atoms with Crippen molar-refractivity contribution in [3.05, 3.63) is 71.4 Å². The van der Waals surface area contributed by atoms with Gasteiger partial charge in [-0.05, 0) is 44.5 Å². The van der Waals surface area contributed by atoms with Gasteiger partial charge in [-0.1, -0.05) is 30.3 Å². The third-order valence-corrected chi connectivity index (χ3v) is 4.33. The van der Waals surface area contributed by atoms with Crippen molar-refractivity contribution in [1.29, 1.82) is 0 Å².